The Bertz CT molecular complexity index is 303. The Morgan fingerprint density at radius 1 is 1.16 bits per heavy atom. The zero-order valence-electron chi connectivity index (χ0n) is 12.5. The second-order valence-electron chi connectivity index (χ2n) is 6.82. The highest BCUT2D eigenvalue weighted by atomic mass is 16.2. The van der Waals surface area contributed by atoms with Crippen molar-refractivity contribution in [2.24, 2.45) is 11.7 Å². The normalized spacial score (nSPS) is 24.1. The van der Waals surface area contributed by atoms with Gasteiger partial charge in [0.05, 0.1) is 0 Å². The van der Waals surface area contributed by atoms with Gasteiger partial charge in [0.1, 0.15) is 0 Å². The van der Waals surface area contributed by atoms with Crippen molar-refractivity contribution in [3.63, 3.8) is 0 Å². The third-order valence-corrected chi connectivity index (χ3v) is 4.45. The summed E-state index contributed by atoms with van der Waals surface area (Å²) in [5, 5.41) is 0. The van der Waals surface area contributed by atoms with Crippen molar-refractivity contribution in [3.8, 4) is 0 Å². The monoisotopic (exact) mass is 267 g/mol. The molecular weight excluding hydrogens is 238 g/mol. The number of piperazine rings is 1. The lowest BCUT2D eigenvalue weighted by Gasteiger charge is -2.37. The summed E-state index contributed by atoms with van der Waals surface area (Å²) in [5.74, 6) is 0.974. The van der Waals surface area contributed by atoms with Gasteiger partial charge >= 0.3 is 0 Å². The van der Waals surface area contributed by atoms with Gasteiger partial charge in [-0.3, -0.25) is 9.69 Å². The highest BCUT2D eigenvalue weighted by Crippen LogP contribution is 2.30. The first-order chi connectivity index (χ1) is 8.98. The van der Waals surface area contributed by atoms with Crippen molar-refractivity contribution in [3.05, 3.63) is 0 Å². The summed E-state index contributed by atoms with van der Waals surface area (Å²) in [7, 11) is 0. The van der Waals surface area contributed by atoms with E-state index in [2.05, 4.69) is 18.7 Å². The second-order valence-corrected chi connectivity index (χ2v) is 6.82. The molecule has 1 aliphatic heterocycles. The largest absolute Gasteiger partial charge is 0.340 e. The zero-order chi connectivity index (χ0) is 13.9. The number of carbonyl (C=O) groups is 1. The average Bonchev–Trinajstić information content (AvgIpc) is 2.75. The lowest BCUT2D eigenvalue weighted by molar-refractivity contribution is -0.134. The van der Waals surface area contributed by atoms with Crippen molar-refractivity contribution >= 4 is 5.91 Å². The highest BCUT2D eigenvalue weighted by Gasteiger charge is 2.34. The molecule has 2 rings (SSSR count). The van der Waals surface area contributed by atoms with Crippen LogP contribution >= 0.6 is 0 Å². The lowest BCUT2D eigenvalue weighted by atomic mass is 9.94. The van der Waals surface area contributed by atoms with Crippen LogP contribution in [0.5, 0.6) is 0 Å². The summed E-state index contributed by atoms with van der Waals surface area (Å²) in [4.78, 5) is 16.8. The molecule has 0 spiro atoms. The fraction of sp³-hybridized carbons (Fsp3) is 0.933. The van der Waals surface area contributed by atoms with Crippen molar-refractivity contribution in [2.45, 2.75) is 51.5 Å². The molecule has 1 aliphatic carbocycles. The van der Waals surface area contributed by atoms with Crippen molar-refractivity contribution in [1.82, 2.24) is 9.80 Å². The van der Waals surface area contributed by atoms with Crippen molar-refractivity contribution in [1.29, 1.82) is 0 Å². The summed E-state index contributed by atoms with van der Waals surface area (Å²) < 4.78 is 0. The fourth-order valence-corrected chi connectivity index (χ4v) is 3.37. The third-order valence-electron chi connectivity index (χ3n) is 4.45. The van der Waals surface area contributed by atoms with Crippen LogP contribution in [0, 0.1) is 5.92 Å². The van der Waals surface area contributed by atoms with Crippen LogP contribution in [0.2, 0.25) is 0 Å². The molecule has 2 N–H and O–H groups in total. The minimum Gasteiger partial charge on any atom is -0.340 e. The van der Waals surface area contributed by atoms with Gasteiger partial charge in [-0.05, 0) is 18.8 Å². The molecule has 19 heavy (non-hydrogen) atoms. The van der Waals surface area contributed by atoms with Crippen molar-refractivity contribution in [2.75, 3.05) is 32.7 Å². The summed E-state index contributed by atoms with van der Waals surface area (Å²) >= 11 is 0. The molecule has 0 radical (unpaired) electrons. The van der Waals surface area contributed by atoms with E-state index in [1.165, 1.54) is 12.8 Å². The maximum absolute atomic E-state index is 12.3. The van der Waals surface area contributed by atoms with E-state index >= 15 is 0 Å². The molecule has 1 amide bonds. The predicted molar refractivity (Wildman–Crippen MR) is 77.9 cm³/mol. The Hall–Kier alpha value is -0.610. The van der Waals surface area contributed by atoms with Gasteiger partial charge in [0, 0.05) is 44.7 Å². The maximum atomic E-state index is 12.3. The summed E-state index contributed by atoms with van der Waals surface area (Å²) in [6.45, 7) is 9.42. The van der Waals surface area contributed by atoms with E-state index in [1.54, 1.807) is 0 Å². The van der Waals surface area contributed by atoms with Gasteiger partial charge in [-0.15, -0.1) is 0 Å². The van der Waals surface area contributed by atoms with E-state index in [0.29, 0.717) is 12.3 Å². The van der Waals surface area contributed by atoms with Gasteiger partial charge in [0.15, 0.2) is 0 Å². The van der Waals surface area contributed by atoms with E-state index in [0.717, 1.165) is 45.6 Å². The predicted octanol–water partition coefficient (Wildman–Crippen LogP) is 1.45. The molecule has 110 valence electrons. The molecule has 0 unspecified atom stereocenters. The van der Waals surface area contributed by atoms with Crippen LogP contribution in [0.3, 0.4) is 0 Å². The molecule has 0 atom stereocenters. The topological polar surface area (TPSA) is 49.6 Å². The number of hydrogen-bond donors (Lipinski definition) is 1. The van der Waals surface area contributed by atoms with Gasteiger partial charge in [-0.1, -0.05) is 26.7 Å². The number of carbonyl (C=O) groups excluding carboxylic acids is 1. The van der Waals surface area contributed by atoms with E-state index in [9.17, 15) is 4.79 Å². The Labute approximate surface area is 117 Å². The molecule has 1 saturated carbocycles. The van der Waals surface area contributed by atoms with Crippen LogP contribution in [0.4, 0.5) is 0 Å². The molecule has 0 aromatic heterocycles. The first-order valence-corrected chi connectivity index (χ1v) is 7.77. The average molecular weight is 267 g/mol. The standard InChI is InChI=1S/C15H29N3O/c1-13(2)12-17-7-9-18(10-8-17)14(19)11-15(16)5-3-4-6-15/h13H,3-12,16H2,1-2H3. The van der Waals surface area contributed by atoms with Crippen molar-refractivity contribution < 1.29 is 4.79 Å². The van der Waals surface area contributed by atoms with Crippen LogP contribution in [0.15, 0.2) is 0 Å². The van der Waals surface area contributed by atoms with Gasteiger partial charge in [-0.25, -0.2) is 0 Å². The smallest absolute Gasteiger partial charge is 0.224 e. The van der Waals surface area contributed by atoms with Crippen LogP contribution in [-0.4, -0.2) is 54.0 Å². The quantitative estimate of drug-likeness (QED) is 0.838. The molecule has 0 aromatic carbocycles. The zero-order valence-corrected chi connectivity index (χ0v) is 12.5. The van der Waals surface area contributed by atoms with Crippen LogP contribution in [0.1, 0.15) is 46.0 Å². The summed E-state index contributed by atoms with van der Waals surface area (Å²) in [6.07, 6.45) is 4.97. The summed E-state index contributed by atoms with van der Waals surface area (Å²) in [5.41, 5.74) is 6.10. The van der Waals surface area contributed by atoms with E-state index in [1.807, 2.05) is 4.90 Å². The highest BCUT2D eigenvalue weighted by molar-refractivity contribution is 5.77. The minimum absolute atomic E-state index is 0.202. The number of amides is 1. The van der Waals surface area contributed by atoms with E-state index in [-0.39, 0.29) is 11.4 Å². The number of nitrogens with two attached hydrogens (primary N) is 1. The van der Waals surface area contributed by atoms with E-state index < -0.39 is 0 Å². The number of nitrogens with zero attached hydrogens (tertiary/aromatic N) is 2. The Morgan fingerprint density at radius 3 is 2.26 bits per heavy atom. The molecule has 0 aromatic rings. The molecule has 2 aliphatic rings. The molecule has 4 nitrogen and oxygen atoms in total. The Kier molecular flexibility index (Phi) is 4.85. The molecular formula is C15H29N3O. The molecule has 1 heterocycles. The first kappa shape index (κ1) is 14.8. The Morgan fingerprint density at radius 2 is 1.74 bits per heavy atom. The first-order valence-electron chi connectivity index (χ1n) is 7.77. The number of rotatable bonds is 4. The van der Waals surface area contributed by atoms with Gasteiger partial charge in [-0.2, -0.15) is 0 Å². The van der Waals surface area contributed by atoms with Gasteiger partial charge < -0.3 is 10.6 Å². The molecule has 1 saturated heterocycles. The van der Waals surface area contributed by atoms with Crippen LogP contribution in [-0.2, 0) is 4.79 Å². The number of hydrogen-bond acceptors (Lipinski definition) is 3. The van der Waals surface area contributed by atoms with Gasteiger partial charge in [0.2, 0.25) is 5.91 Å². The van der Waals surface area contributed by atoms with Crippen LogP contribution < -0.4 is 5.73 Å². The third kappa shape index (κ3) is 4.18. The summed E-state index contributed by atoms with van der Waals surface area (Å²) in [6, 6.07) is 0. The SMILES string of the molecule is CC(C)CN1CCN(C(=O)CC2(N)CCCC2)CC1. The molecule has 0 bridgehead atoms. The Balaban J connectivity index is 1.76. The molecule has 2 fully saturated rings. The fourth-order valence-electron chi connectivity index (χ4n) is 3.37. The molecule has 4 heteroatoms. The maximum Gasteiger partial charge on any atom is 0.224 e. The second kappa shape index (κ2) is 6.23. The van der Waals surface area contributed by atoms with Gasteiger partial charge in [0.25, 0.3) is 0 Å². The minimum atomic E-state index is -0.202. The lowest BCUT2D eigenvalue weighted by Crippen LogP contribution is -2.51. The van der Waals surface area contributed by atoms with E-state index in [4.69, 9.17) is 5.73 Å². The van der Waals surface area contributed by atoms with Crippen LogP contribution in [0.25, 0.3) is 0 Å².